The van der Waals surface area contributed by atoms with Crippen molar-refractivity contribution in [2.24, 2.45) is 16.8 Å². The fourth-order valence-corrected chi connectivity index (χ4v) is 4.46. The Balaban J connectivity index is 1.58. The van der Waals surface area contributed by atoms with Crippen LogP contribution in [-0.2, 0) is 6.54 Å². The first-order valence-corrected chi connectivity index (χ1v) is 10.2. The van der Waals surface area contributed by atoms with Crippen LogP contribution in [0.3, 0.4) is 0 Å². The minimum atomic E-state index is 0.854. The third-order valence-corrected chi connectivity index (χ3v) is 5.77. The van der Waals surface area contributed by atoms with Crippen LogP contribution in [0.5, 0.6) is 0 Å². The quantitative estimate of drug-likeness (QED) is 0.449. The summed E-state index contributed by atoms with van der Waals surface area (Å²) >= 11 is 1.80. The zero-order chi connectivity index (χ0) is 17.4. The van der Waals surface area contributed by atoms with Crippen molar-refractivity contribution in [3.63, 3.8) is 0 Å². The number of hydrogen-bond donors (Lipinski definition) is 2. The maximum Gasteiger partial charge on any atom is 0.191 e. The molecule has 0 spiro atoms. The maximum absolute atomic E-state index is 4.31. The van der Waals surface area contributed by atoms with E-state index < -0.39 is 0 Å². The third-order valence-electron chi connectivity index (χ3n) is 4.75. The topological polar surface area (TPSA) is 39.7 Å². The van der Waals surface area contributed by atoms with E-state index in [9.17, 15) is 0 Å². The van der Waals surface area contributed by atoms with Crippen LogP contribution in [0.2, 0.25) is 0 Å². The molecule has 0 aromatic carbocycles. The molecule has 5 heteroatoms. The second-order valence-electron chi connectivity index (χ2n) is 7.29. The van der Waals surface area contributed by atoms with Crippen LogP contribution in [0.1, 0.15) is 43.6 Å². The van der Waals surface area contributed by atoms with Gasteiger partial charge in [-0.1, -0.05) is 13.8 Å². The van der Waals surface area contributed by atoms with Gasteiger partial charge >= 0.3 is 0 Å². The number of aryl methyl sites for hydroxylation is 1. The van der Waals surface area contributed by atoms with Gasteiger partial charge in [-0.2, -0.15) is 0 Å². The van der Waals surface area contributed by atoms with Gasteiger partial charge in [0.2, 0.25) is 0 Å². The normalized spacial score (nSPS) is 22.6. The van der Waals surface area contributed by atoms with Crippen molar-refractivity contribution >= 4 is 17.3 Å². The lowest BCUT2D eigenvalue weighted by atomic mass is 9.92. The van der Waals surface area contributed by atoms with Crippen LogP contribution in [0.15, 0.2) is 16.4 Å². The molecule has 2 N–H and O–H groups in total. The summed E-state index contributed by atoms with van der Waals surface area (Å²) in [6, 6.07) is 2.17. The van der Waals surface area contributed by atoms with Gasteiger partial charge in [-0.15, -0.1) is 11.3 Å². The molecule has 0 bridgehead atoms. The number of likely N-dealkylation sites (tertiary alicyclic amines) is 1. The third kappa shape index (κ3) is 6.44. The van der Waals surface area contributed by atoms with Crippen LogP contribution < -0.4 is 10.6 Å². The lowest BCUT2D eigenvalue weighted by Gasteiger charge is -2.34. The first-order chi connectivity index (χ1) is 11.6. The van der Waals surface area contributed by atoms with Gasteiger partial charge in [-0.05, 0) is 61.6 Å². The molecular weight excluding hydrogens is 316 g/mol. The largest absolute Gasteiger partial charge is 0.356 e. The summed E-state index contributed by atoms with van der Waals surface area (Å²) in [5.74, 6) is 2.62. The first kappa shape index (κ1) is 19.3. The van der Waals surface area contributed by atoms with Crippen LogP contribution >= 0.6 is 11.3 Å². The van der Waals surface area contributed by atoms with E-state index in [2.05, 4.69) is 52.7 Å². The van der Waals surface area contributed by atoms with Crippen LogP contribution in [-0.4, -0.2) is 44.1 Å². The van der Waals surface area contributed by atoms with E-state index in [0.717, 1.165) is 30.9 Å². The number of piperidine rings is 1. The number of nitrogens with one attached hydrogen (secondary N) is 2. The molecular formula is C19H34N4S. The molecule has 4 nitrogen and oxygen atoms in total. The molecule has 1 saturated heterocycles. The zero-order valence-corrected chi connectivity index (χ0v) is 16.6. The molecule has 1 aliphatic heterocycles. The fourth-order valence-electron chi connectivity index (χ4n) is 3.61. The van der Waals surface area contributed by atoms with Crippen molar-refractivity contribution in [2.75, 3.05) is 33.2 Å². The standard InChI is InChI=1S/C19H34N4S/c1-15-11-16(2)14-23(13-15)9-6-5-8-21-19(20-4)22-12-18-17(3)7-10-24-18/h7,10,15-16H,5-6,8-9,11-14H2,1-4H3,(H2,20,21,22). The molecule has 1 aromatic rings. The number of nitrogens with zero attached hydrogens (tertiary/aromatic N) is 2. The highest BCUT2D eigenvalue weighted by atomic mass is 32.1. The van der Waals surface area contributed by atoms with Crippen molar-refractivity contribution in [1.29, 1.82) is 0 Å². The lowest BCUT2D eigenvalue weighted by Crippen LogP contribution is -2.40. The summed E-state index contributed by atoms with van der Waals surface area (Å²) in [6.07, 6.45) is 3.84. The van der Waals surface area contributed by atoms with Gasteiger partial charge in [0.25, 0.3) is 0 Å². The molecule has 136 valence electrons. The molecule has 0 radical (unpaired) electrons. The molecule has 1 fully saturated rings. The van der Waals surface area contributed by atoms with Gasteiger partial charge in [0.1, 0.15) is 0 Å². The van der Waals surface area contributed by atoms with Gasteiger partial charge < -0.3 is 15.5 Å². The second-order valence-corrected chi connectivity index (χ2v) is 8.29. The van der Waals surface area contributed by atoms with Gasteiger partial charge in [0.05, 0.1) is 6.54 Å². The van der Waals surface area contributed by atoms with E-state index in [1.807, 2.05) is 7.05 Å². The Bertz CT molecular complexity index is 501. The number of hydrogen-bond acceptors (Lipinski definition) is 3. The summed E-state index contributed by atoms with van der Waals surface area (Å²) in [5.41, 5.74) is 1.35. The minimum absolute atomic E-state index is 0.854. The van der Waals surface area contributed by atoms with Crippen molar-refractivity contribution in [3.05, 3.63) is 21.9 Å². The van der Waals surface area contributed by atoms with E-state index in [-0.39, 0.29) is 0 Å². The highest BCUT2D eigenvalue weighted by Crippen LogP contribution is 2.21. The molecule has 1 aromatic heterocycles. The van der Waals surface area contributed by atoms with Gasteiger partial charge in [-0.25, -0.2) is 0 Å². The van der Waals surface area contributed by atoms with Crippen LogP contribution in [0, 0.1) is 18.8 Å². The number of thiophene rings is 1. The lowest BCUT2D eigenvalue weighted by molar-refractivity contribution is 0.139. The Kier molecular flexibility index (Phi) is 8.06. The Morgan fingerprint density at radius 3 is 2.62 bits per heavy atom. The summed E-state index contributed by atoms with van der Waals surface area (Å²) in [4.78, 5) is 8.34. The summed E-state index contributed by atoms with van der Waals surface area (Å²) in [7, 11) is 1.84. The van der Waals surface area contributed by atoms with E-state index in [1.165, 1.54) is 49.3 Å². The van der Waals surface area contributed by atoms with Gasteiger partial charge in [-0.3, -0.25) is 4.99 Å². The maximum atomic E-state index is 4.31. The average molecular weight is 351 g/mol. The summed E-state index contributed by atoms with van der Waals surface area (Å²) in [5, 5.41) is 8.98. The predicted molar refractivity (Wildman–Crippen MR) is 106 cm³/mol. The molecule has 0 amide bonds. The highest BCUT2D eigenvalue weighted by molar-refractivity contribution is 7.10. The number of unbranched alkanes of at least 4 members (excludes halogenated alkanes) is 1. The van der Waals surface area contributed by atoms with E-state index in [0.29, 0.717) is 0 Å². The summed E-state index contributed by atoms with van der Waals surface area (Å²) in [6.45, 7) is 12.6. The molecule has 1 aliphatic rings. The zero-order valence-electron chi connectivity index (χ0n) is 15.8. The minimum Gasteiger partial charge on any atom is -0.356 e. The average Bonchev–Trinajstić information content (AvgIpc) is 2.94. The smallest absolute Gasteiger partial charge is 0.191 e. The second kappa shape index (κ2) is 10.0. The molecule has 2 heterocycles. The van der Waals surface area contributed by atoms with Crippen molar-refractivity contribution in [2.45, 2.75) is 46.6 Å². The van der Waals surface area contributed by atoms with Crippen molar-refractivity contribution < 1.29 is 0 Å². The summed E-state index contributed by atoms with van der Waals surface area (Å²) < 4.78 is 0. The Morgan fingerprint density at radius 1 is 1.25 bits per heavy atom. The fraction of sp³-hybridized carbons (Fsp3) is 0.737. The molecule has 0 aliphatic carbocycles. The van der Waals surface area contributed by atoms with E-state index in [1.54, 1.807) is 11.3 Å². The van der Waals surface area contributed by atoms with Gasteiger partial charge in [0.15, 0.2) is 5.96 Å². The Labute approximate surface area is 151 Å². The van der Waals surface area contributed by atoms with Crippen LogP contribution in [0.25, 0.3) is 0 Å². The molecule has 2 atom stereocenters. The molecule has 24 heavy (non-hydrogen) atoms. The van der Waals surface area contributed by atoms with Crippen LogP contribution in [0.4, 0.5) is 0 Å². The number of aliphatic imine (C=N–C) groups is 1. The Hall–Kier alpha value is -1.07. The van der Waals surface area contributed by atoms with E-state index >= 15 is 0 Å². The molecule has 2 unspecified atom stereocenters. The number of rotatable bonds is 7. The molecule has 2 rings (SSSR count). The van der Waals surface area contributed by atoms with Crippen molar-refractivity contribution in [3.8, 4) is 0 Å². The highest BCUT2D eigenvalue weighted by Gasteiger charge is 2.20. The number of guanidine groups is 1. The molecule has 0 saturated carbocycles. The van der Waals surface area contributed by atoms with Crippen molar-refractivity contribution in [1.82, 2.24) is 15.5 Å². The van der Waals surface area contributed by atoms with E-state index in [4.69, 9.17) is 0 Å². The predicted octanol–water partition coefficient (Wildman–Crippen LogP) is 3.48. The first-order valence-electron chi connectivity index (χ1n) is 9.28. The van der Waals surface area contributed by atoms with Gasteiger partial charge in [0, 0.05) is 31.6 Å². The monoisotopic (exact) mass is 350 g/mol. The Morgan fingerprint density at radius 2 is 2.00 bits per heavy atom. The SMILES string of the molecule is CN=C(NCCCCN1CC(C)CC(C)C1)NCc1sccc1C.